The lowest BCUT2D eigenvalue weighted by Crippen LogP contribution is -2.59. The third kappa shape index (κ3) is 3.14. The van der Waals surface area contributed by atoms with Crippen LogP contribution < -0.4 is 0 Å². The first-order valence-electron chi connectivity index (χ1n) is 7.08. The van der Waals surface area contributed by atoms with Crippen LogP contribution in [0.4, 0.5) is 0 Å². The number of carbonyl (C=O) groups is 1. The van der Waals surface area contributed by atoms with Crippen molar-refractivity contribution in [2.24, 2.45) is 0 Å². The number of hydrogen-bond donors (Lipinski definition) is 0. The lowest BCUT2D eigenvalue weighted by molar-refractivity contribution is 0.0325. The van der Waals surface area contributed by atoms with Gasteiger partial charge < -0.3 is 4.90 Å². The van der Waals surface area contributed by atoms with Crippen LogP contribution in [-0.4, -0.2) is 46.9 Å². The van der Waals surface area contributed by atoms with Crippen LogP contribution in [-0.2, 0) is 6.54 Å². The molecule has 0 bridgehead atoms. The highest BCUT2D eigenvalue weighted by atomic mass is 32.1. The van der Waals surface area contributed by atoms with Gasteiger partial charge in [0.05, 0.1) is 4.88 Å². The molecular weight excluding hydrogens is 282 g/mol. The van der Waals surface area contributed by atoms with Crippen molar-refractivity contribution >= 4 is 17.2 Å². The number of hydrogen-bond acceptors (Lipinski definition) is 4. The van der Waals surface area contributed by atoms with Crippen molar-refractivity contribution in [3.05, 3.63) is 52.0 Å². The maximum Gasteiger partial charge on any atom is 0.264 e. The third-order valence-corrected chi connectivity index (χ3v) is 4.87. The van der Waals surface area contributed by atoms with Crippen molar-refractivity contribution in [3.8, 4) is 0 Å². The predicted molar refractivity (Wildman–Crippen MR) is 84.5 cm³/mol. The minimum absolute atomic E-state index is 0.166. The van der Waals surface area contributed by atoms with Gasteiger partial charge in [0.15, 0.2) is 0 Å². The summed E-state index contributed by atoms with van der Waals surface area (Å²) in [7, 11) is 2.11. The molecule has 110 valence electrons. The van der Waals surface area contributed by atoms with Gasteiger partial charge in [0.1, 0.15) is 0 Å². The number of rotatable bonds is 4. The second-order valence-electron chi connectivity index (χ2n) is 5.55. The van der Waals surface area contributed by atoms with E-state index in [0.29, 0.717) is 6.04 Å². The largest absolute Gasteiger partial charge is 0.335 e. The fraction of sp³-hybridized carbons (Fsp3) is 0.375. The van der Waals surface area contributed by atoms with Gasteiger partial charge in [-0.05, 0) is 37.7 Å². The smallest absolute Gasteiger partial charge is 0.264 e. The summed E-state index contributed by atoms with van der Waals surface area (Å²) in [5.74, 6) is 0.166. The second kappa shape index (κ2) is 5.95. The van der Waals surface area contributed by atoms with Crippen LogP contribution in [0.1, 0.15) is 20.1 Å². The van der Waals surface area contributed by atoms with E-state index in [2.05, 4.69) is 23.0 Å². The molecule has 0 atom stereocenters. The Morgan fingerprint density at radius 3 is 2.86 bits per heavy atom. The lowest BCUT2D eigenvalue weighted by Gasteiger charge is -2.43. The number of likely N-dealkylation sites (N-methyl/N-ethyl adjacent to an activating group) is 1. The Morgan fingerprint density at radius 2 is 2.24 bits per heavy atom. The van der Waals surface area contributed by atoms with E-state index in [0.717, 1.165) is 24.5 Å². The molecule has 3 heterocycles. The van der Waals surface area contributed by atoms with Crippen molar-refractivity contribution < 1.29 is 4.79 Å². The van der Waals surface area contributed by atoms with Crippen LogP contribution in [0.5, 0.6) is 0 Å². The van der Waals surface area contributed by atoms with Gasteiger partial charge in [-0.1, -0.05) is 6.07 Å². The first-order valence-corrected chi connectivity index (χ1v) is 7.90. The molecule has 0 aliphatic carbocycles. The number of carbonyl (C=O) groups excluding carboxylic acids is 1. The van der Waals surface area contributed by atoms with E-state index >= 15 is 0 Å². The Hall–Kier alpha value is -1.72. The summed E-state index contributed by atoms with van der Waals surface area (Å²) in [6.45, 7) is 4.53. The second-order valence-corrected chi connectivity index (χ2v) is 6.84. The van der Waals surface area contributed by atoms with Crippen LogP contribution >= 0.6 is 11.3 Å². The summed E-state index contributed by atoms with van der Waals surface area (Å²) in [6.07, 6.45) is 3.68. The van der Waals surface area contributed by atoms with E-state index in [4.69, 9.17) is 0 Å². The molecule has 1 fully saturated rings. The zero-order valence-electron chi connectivity index (χ0n) is 12.3. The Kier molecular flexibility index (Phi) is 4.03. The van der Waals surface area contributed by atoms with Crippen LogP contribution in [0.3, 0.4) is 0 Å². The molecule has 0 N–H and O–H groups in total. The molecule has 1 saturated heterocycles. The van der Waals surface area contributed by atoms with Crippen LogP contribution in [0.25, 0.3) is 0 Å². The first-order chi connectivity index (χ1) is 10.1. The quantitative estimate of drug-likeness (QED) is 0.870. The molecule has 21 heavy (non-hydrogen) atoms. The Balaban J connectivity index is 1.52. The Morgan fingerprint density at radius 1 is 1.43 bits per heavy atom. The molecular formula is C16H19N3OS. The van der Waals surface area contributed by atoms with Gasteiger partial charge in [-0.15, -0.1) is 11.3 Å². The minimum atomic E-state index is 0.166. The molecule has 1 aliphatic rings. The molecule has 2 aromatic heterocycles. The van der Waals surface area contributed by atoms with E-state index in [-0.39, 0.29) is 5.91 Å². The van der Waals surface area contributed by atoms with Crippen molar-refractivity contribution in [2.45, 2.75) is 19.5 Å². The minimum Gasteiger partial charge on any atom is -0.335 e. The molecule has 0 unspecified atom stereocenters. The van der Waals surface area contributed by atoms with Crippen LogP contribution in [0.2, 0.25) is 0 Å². The maximum atomic E-state index is 12.3. The molecule has 0 aromatic carbocycles. The monoisotopic (exact) mass is 301 g/mol. The summed E-state index contributed by atoms with van der Waals surface area (Å²) in [5, 5.41) is 0. The number of aromatic nitrogens is 1. The SMILES string of the molecule is Cc1ccc(C(=O)N2CC(N(C)Cc3cccnc3)C2)s1. The number of nitrogens with zero attached hydrogens (tertiary/aromatic N) is 3. The van der Waals surface area contributed by atoms with Crippen molar-refractivity contribution in [1.29, 1.82) is 0 Å². The van der Waals surface area contributed by atoms with Gasteiger partial charge in [-0.25, -0.2) is 0 Å². The standard InChI is InChI=1S/C16H19N3OS/c1-12-5-6-15(21-12)16(20)19-10-14(11-19)18(2)9-13-4-3-7-17-8-13/h3-8,14H,9-11H2,1-2H3. The zero-order chi connectivity index (χ0) is 14.8. The van der Waals surface area contributed by atoms with E-state index in [1.54, 1.807) is 17.5 Å². The van der Waals surface area contributed by atoms with Crippen molar-refractivity contribution in [2.75, 3.05) is 20.1 Å². The fourth-order valence-corrected chi connectivity index (χ4v) is 3.35. The summed E-state index contributed by atoms with van der Waals surface area (Å²) < 4.78 is 0. The Labute approximate surface area is 129 Å². The number of pyridine rings is 1. The van der Waals surface area contributed by atoms with E-state index < -0.39 is 0 Å². The highest BCUT2D eigenvalue weighted by Crippen LogP contribution is 2.22. The average Bonchev–Trinajstić information content (AvgIpc) is 2.85. The number of amides is 1. The predicted octanol–water partition coefficient (Wildman–Crippen LogP) is 2.41. The molecule has 5 heteroatoms. The summed E-state index contributed by atoms with van der Waals surface area (Å²) in [5.41, 5.74) is 1.21. The van der Waals surface area contributed by atoms with Gasteiger partial charge in [0.25, 0.3) is 5.91 Å². The van der Waals surface area contributed by atoms with Gasteiger partial charge in [-0.2, -0.15) is 0 Å². The number of aryl methyl sites for hydroxylation is 1. The van der Waals surface area contributed by atoms with E-state index in [9.17, 15) is 4.79 Å². The Bertz CT molecular complexity index is 619. The van der Waals surface area contributed by atoms with Gasteiger partial charge in [0.2, 0.25) is 0 Å². The third-order valence-electron chi connectivity index (χ3n) is 3.88. The highest BCUT2D eigenvalue weighted by molar-refractivity contribution is 7.13. The topological polar surface area (TPSA) is 36.4 Å². The van der Waals surface area contributed by atoms with E-state index in [1.165, 1.54) is 10.4 Å². The zero-order valence-corrected chi connectivity index (χ0v) is 13.1. The van der Waals surface area contributed by atoms with Gasteiger partial charge in [0, 0.05) is 42.9 Å². The first kappa shape index (κ1) is 14.2. The maximum absolute atomic E-state index is 12.3. The molecule has 4 nitrogen and oxygen atoms in total. The van der Waals surface area contributed by atoms with Crippen LogP contribution in [0.15, 0.2) is 36.7 Å². The number of likely N-dealkylation sites (tertiary alicyclic amines) is 1. The average molecular weight is 301 g/mol. The van der Waals surface area contributed by atoms with Gasteiger partial charge in [-0.3, -0.25) is 14.7 Å². The summed E-state index contributed by atoms with van der Waals surface area (Å²) in [6, 6.07) is 8.41. The molecule has 0 saturated carbocycles. The molecule has 1 aliphatic heterocycles. The molecule has 1 amide bonds. The molecule has 3 rings (SSSR count). The van der Waals surface area contributed by atoms with E-state index in [1.807, 2.05) is 36.2 Å². The van der Waals surface area contributed by atoms with Crippen LogP contribution in [0, 0.1) is 6.92 Å². The molecule has 2 aromatic rings. The lowest BCUT2D eigenvalue weighted by atomic mass is 10.1. The molecule has 0 spiro atoms. The normalized spacial score (nSPS) is 15.3. The molecule has 0 radical (unpaired) electrons. The summed E-state index contributed by atoms with van der Waals surface area (Å²) in [4.78, 5) is 22.7. The van der Waals surface area contributed by atoms with Crippen molar-refractivity contribution in [3.63, 3.8) is 0 Å². The fourth-order valence-electron chi connectivity index (χ4n) is 2.51. The van der Waals surface area contributed by atoms with Crippen molar-refractivity contribution in [1.82, 2.24) is 14.8 Å². The summed E-state index contributed by atoms with van der Waals surface area (Å²) >= 11 is 1.57. The van der Waals surface area contributed by atoms with Gasteiger partial charge >= 0.3 is 0 Å². The number of thiophene rings is 1. The highest BCUT2D eigenvalue weighted by Gasteiger charge is 2.34.